The van der Waals surface area contributed by atoms with Gasteiger partial charge in [0.05, 0.1) is 13.2 Å². The fourth-order valence-electron chi connectivity index (χ4n) is 1.86. The van der Waals surface area contributed by atoms with E-state index in [0.29, 0.717) is 25.3 Å². The molecule has 0 N–H and O–H groups in total. The first-order chi connectivity index (χ1) is 7.68. The Morgan fingerprint density at radius 3 is 2.94 bits per heavy atom. The van der Waals surface area contributed by atoms with E-state index in [2.05, 4.69) is 0 Å². The minimum absolute atomic E-state index is 0.00430. The van der Waals surface area contributed by atoms with E-state index in [1.807, 2.05) is 0 Å². The summed E-state index contributed by atoms with van der Waals surface area (Å²) in [7, 11) is 0. The third-order valence-electron chi connectivity index (χ3n) is 2.76. The summed E-state index contributed by atoms with van der Waals surface area (Å²) in [6.07, 6.45) is -0.348. The summed E-state index contributed by atoms with van der Waals surface area (Å²) in [6, 6.07) is 6.52. The van der Waals surface area contributed by atoms with E-state index in [-0.39, 0.29) is 17.8 Å². The molecule has 0 radical (unpaired) electrons. The van der Waals surface area contributed by atoms with Crippen LogP contribution in [0.15, 0.2) is 24.3 Å². The average molecular weight is 223 g/mol. The summed E-state index contributed by atoms with van der Waals surface area (Å²) in [4.78, 5) is 12.9. The van der Waals surface area contributed by atoms with E-state index in [0.717, 1.165) is 0 Å². The number of ether oxygens (including phenoxy) is 1. The van der Waals surface area contributed by atoms with Crippen molar-refractivity contribution in [2.45, 2.75) is 13.0 Å². The largest absolute Gasteiger partial charge is 0.370 e. The molecule has 0 aromatic heterocycles. The summed E-state index contributed by atoms with van der Waals surface area (Å²) in [6.45, 7) is 2.98. The molecule has 0 unspecified atom stereocenters. The maximum atomic E-state index is 13.5. The maximum absolute atomic E-state index is 13.5. The molecule has 2 rings (SSSR count). The van der Waals surface area contributed by atoms with Crippen molar-refractivity contribution in [3.05, 3.63) is 35.6 Å². The predicted molar refractivity (Wildman–Crippen MR) is 57.3 cm³/mol. The quantitative estimate of drug-likeness (QED) is 0.725. The van der Waals surface area contributed by atoms with Crippen LogP contribution in [-0.2, 0) is 9.53 Å². The summed E-state index contributed by atoms with van der Waals surface area (Å²) in [5.41, 5.74) is 0.522. The van der Waals surface area contributed by atoms with Crippen LogP contribution in [0.1, 0.15) is 18.6 Å². The van der Waals surface area contributed by atoms with Gasteiger partial charge in [0.25, 0.3) is 0 Å². The fraction of sp³-hybridized carbons (Fsp3) is 0.417. The highest BCUT2D eigenvalue weighted by molar-refractivity contribution is 5.73. The van der Waals surface area contributed by atoms with E-state index < -0.39 is 0 Å². The van der Waals surface area contributed by atoms with Gasteiger partial charge in [-0.05, 0) is 6.07 Å². The molecule has 0 aliphatic carbocycles. The molecule has 4 heteroatoms. The molecule has 16 heavy (non-hydrogen) atoms. The van der Waals surface area contributed by atoms with Crippen molar-refractivity contribution in [2.75, 3.05) is 19.7 Å². The normalized spacial score (nSPS) is 20.9. The number of halogens is 1. The number of hydrogen-bond acceptors (Lipinski definition) is 2. The van der Waals surface area contributed by atoms with E-state index in [9.17, 15) is 9.18 Å². The maximum Gasteiger partial charge on any atom is 0.219 e. The second-order valence-electron chi connectivity index (χ2n) is 3.85. The third kappa shape index (κ3) is 2.22. The molecule has 1 heterocycles. The number of carbonyl (C=O) groups is 1. The Kier molecular flexibility index (Phi) is 3.19. The van der Waals surface area contributed by atoms with Gasteiger partial charge in [0, 0.05) is 19.0 Å². The zero-order chi connectivity index (χ0) is 11.5. The fourth-order valence-corrected chi connectivity index (χ4v) is 1.86. The third-order valence-corrected chi connectivity index (χ3v) is 2.76. The van der Waals surface area contributed by atoms with Gasteiger partial charge in [-0.1, -0.05) is 18.2 Å². The zero-order valence-corrected chi connectivity index (χ0v) is 9.15. The van der Waals surface area contributed by atoms with Crippen LogP contribution >= 0.6 is 0 Å². The molecule has 1 aliphatic heterocycles. The zero-order valence-electron chi connectivity index (χ0n) is 9.15. The van der Waals surface area contributed by atoms with Crippen LogP contribution in [0.4, 0.5) is 4.39 Å². The van der Waals surface area contributed by atoms with Gasteiger partial charge in [-0.25, -0.2) is 4.39 Å². The van der Waals surface area contributed by atoms with Gasteiger partial charge in [0.1, 0.15) is 11.9 Å². The van der Waals surface area contributed by atoms with Crippen molar-refractivity contribution in [2.24, 2.45) is 0 Å². The molecule has 1 aliphatic rings. The van der Waals surface area contributed by atoms with Crippen LogP contribution in [0.5, 0.6) is 0 Å². The highest BCUT2D eigenvalue weighted by Crippen LogP contribution is 2.24. The van der Waals surface area contributed by atoms with Gasteiger partial charge < -0.3 is 9.64 Å². The monoisotopic (exact) mass is 223 g/mol. The highest BCUT2D eigenvalue weighted by atomic mass is 19.1. The molecular formula is C12H14FNO2. The Morgan fingerprint density at radius 1 is 1.50 bits per heavy atom. The summed E-state index contributed by atoms with van der Waals surface area (Å²) < 4.78 is 19.0. The lowest BCUT2D eigenvalue weighted by atomic mass is 10.1. The van der Waals surface area contributed by atoms with E-state index in [1.54, 1.807) is 23.1 Å². The number of hydrogen-bond donors (Lipinski definition) is 0. The first-order valence-electron chi connectivity index (χ1n) is 5.30. The number of rotatable bonds is 1. The molecule has 1 saturated heterocycles. The second kappa shape index (κ2) is 4.61. The van der Waals surface area contributed by atoms with Crippen molar-refractivity contribution in [1.82, 2.24) is 4.90 Å². The molecule has 86 valence electrons. The van der Waals surface area contributed by atoms with Gasteiger partial charge in [-0.2, -0.15) is 0 Å². The molecule has 0 saturated carbocycles. The van der Waals surface area contributed by atoms with Crippen LogP contribution in [0.2, 0.25) is 0 Å². The SMILES string of the molecule is CC(=O)N1CCO[C@@H](c2ccccc2F)C1. The first-order valence-corrected chi connectivity index (χ1v) is 5.30. The minimum Gasteiger partial charge on any atom is -0.370 e. The predicted octanol–water partition coefficient (Wildman–Crippen LogP) is 1.75. The highest BCUT2D eigenvalue weighted by Gasteiger charge is 2.25. The molecule has 0 spiro atoms. The summed E-state index contributed by atoms with van der Waals surface area (Å²) >= 11 is 0. The molecule has 1 atom stereocenters. The van der Waals surface area contributed by atoms with E-state index in [4.69, 9.17) is 4.74 Å². The summed E-state index contributed by atoms with van der Waals surface area (Å²) in [5, 5.41) is 0. The van der Waals surface area contributed by atoms with Crippen molar-refractivity contribution >= 4 is 5.91 Å². The summed E-state index contributed by atoms with van der Waals surface area (Å²) in [5.74, 6) is -0.275. The second-order valence-corrected chi connectivity index (χ2v) is 3.85. The number of benzene rings is 1. The number of nitrogens with zero attached hydrogens (tertiary/aromatic N) is 1. The molecule has 1 amide bonds. The number of carbonyl (C=O) groups excluding carboxylic acids is 1. The van der Waals surface area contributed by atoms with Crippen molar-refractivity contribution in [3.63, 3.8) is 0 Å². The molecule has 0 bridgehead atoms. The van der Waals surface area contributed by atoms with Crippen LogP contribution in [0.25, 0.3) is 0 Å². The Hall–Kier alpha value is -1.42. The smallest absolute Gasteiger partial charge is 0.219 e. The lowest BCUT2D eigenvalue weighted by molar-refractivity contribution is -0.136. The Morgan fingerprint density at radius 2 is 2.25 bits per heavy atom. The lowest BCUT2D eigenvalue weighted by Gasteiger charge is -2.32. The van der Waals surface area contributed by atoms with E-state index in [1.165, 1.54) is 13.0 Å². The van der Waals surface area contributed by atoms with Gasteiger partial charge in [0.2, 0.25) is 5.91 Å². The van der Waals surface area contributed by atoms with Crippen molar-refractivity contribution < 1.29 is 13.9 Å². The average Bonchev–Trinajstić information content (AvgIpc) is 2.30. The number of amides is 1. The first kappa shape index (κ1) is 11.1. The van der Waals surface area contributed by atoms with Gasteiger partial charge in [-0.3, -0.25) is 4.79 Å². The van der Waals surface area contributed by atoms with Gasteiger partial charge in [-0.15, -0.1) is 0 Å². The molecule has 1 aromatic rings. The molecule has 3 nitrogen and oxygen atoms in total. The van der Waals surface area contributed by atoms with Crippen LogP contribution < -0.4 is 0 Å². The van der Waals surface area contributed by atoms with E-state index >= 15 is 0 Å². The van der Waals surface area contributed by atoms with Crippen molar-refractivity contribution in [3.8, 4) is 0 Å². The van der Waals surface area contributed by atoms with Gasteiger partial charge in [0.15, 0.2) is 0 Å². The standard InChI is InChI=1S/C12H14FNO2/c1-9(15)14-6-7-16-12(8-14)10-4-2-3-5-11(10)13/h2-5,12H,6-8H2,1H3/t12-/m1/s1. The lowest BCUT2D eigenvalue weighted by Crippen LogP contribution is -2.41. The molecule has 1 aromatic carbocycles. The van der Waals surface area contributed by atoms with Crippen LogP contribution in [0, 0.1) is 5.82 Å². The number of morpholine rings is 1. The Balaban J connectivity index is 2.16. The Bertz CT molecular complexity index is 394. The topological polar surface area (TPSA) is 29.5 Å². The van der Waals surface area contributed by atoms with Crippen LogP contribution in [-0.4, -0.2) is 30.5 Å². The van der Waals surface area contributed by atoms with Crippen molar-refractivity contribution in [1.29, 1.82) is 0 Å². The van der Waals surface area contributed by atoms with Crippen LogP contribution in [0.3, 0.4) is 0 Å². The Labute approximate surface area is 93.8 Å². The molecular weight excluding hydrogens is 209 g/mol. The minimum atomic E-state index is -0.348. The van der Waals surface area contributed by atoms with Gasteiger partial charge >= 0.3 is 0 Å². The molecule has 1 fully saturated rings.